The van der Waals surface area contributed by atoms with Crippen LogP contribution in [0.15, 0.2) is 0 Å². The van der Waals surface area contributed by atoms with E-state index in [1.165, 1.54) is 0 Å². The number of nitrogens with two attached hydrogens (primary N) is 1. The number of carbonyl (C=O) groups is 2. The van der Waals surface area contributed by atoms with Crippen LogP contribution in [0.2, 0.25) is 0 Å². The molecule has 1 aliphatic rings. The van der Waals surface area contributed by atoms with E-state index < -0.39 is 6.04 Å². The predicted molar refractivity (Wildman–Crippen MR) is 81.9 cm³/mol. The number of nitrogens with one attached hydrogen (secondary N) is 2. The fraction of sp³-hybridized carbons (Fsp3) is 0.846. The van der Waals surface area contributed by atoms with Crippen molar-refractivity contribution in [1.82, 2.24) is 15.5 Å². The van der Waals surface area contributed by atoms with Gasteiger partial charge in [0.1, 0.15) is 0 Å². The monoisotopic (exact) mass is 306 g/mol. The molecule has 118 valence electrons. The van der Waals surface area contributed by atoms with Gasteiger partial charge in [-0.25, -0.2) is 4.79 Å². The van der Waals surface area contributed by atoms with Crippen molar-refractivity contribution in [2.75, 3.05) is 19.6 Å². The van der Waals surface area contributed by atoms with E-state index in [0.29, 0.717) is 19.6 Å². The molecule has 0 radical (unpaired) electrons. The van der Waals surface area contributed by atoms with Crippen LogP contribution in [0.25, 0.3) is 0 Å². The van der Waals surface area contributed by atoms with Crippen molar-refractivity contribution in [1.29, 1.82) is 0 Å². The third-order valence-electron chi connectivity index (χ3n) is 3.37. The lowest BCUT2D eigenvalue weighted by Crippen LogP contribution is -2.52. The van der Waals surface area contributed by atoms with Crippen molar-refractivity contribution >= 4 is 24.3 Å². The number of urea groups is 1. The molecule has 1 aliphatic heterocycles. The number of carbonyl (C=O) groups excluding carboxylic acids is 2. The largest absolute Gasteiger partial charge is 0.350 e. The number of halogens is 1. The standard InChI is InChI=1S/C13H26N4O2.ClH/c1-5-15-12(19)17-7-6-9(8-17)16-11(18)10(14)13(2,3)4;/h9-10H,5-8,14H2,1-4H3,(H,15,19)(H,16,18);1H/t9?,10-;/m1./s1. The smallest absolute Gasteiger partial charge is 0.317 e. The second-order valence-electron chi connectivity index (χ2n) is 6.12. The van der Waals surface area contributed by atoms with Crippen molar-refractivity contribution in [3.63, 3.8) is 0 Å². The molecule has 1 unspecified atom stereocenters. The Kier molecular flexibility index (Phi) is 7.30. The van der Waals surface area contributed by atoms with Gasteiger partial charge in [0.05, 0.1) is 6.04 Å². The lowest BCUT2D eigenvalue weighted by atomic mass is 9.87. The highest BCUT2D eigenvalue weighted by Gasteiger charge is 2.32. The first-order chi connectivity index (χ1) is 8.75. The summed E-state index contributed by atoms with van der Waals surface area (Å²) in [6, 6.07) is -0.603. The maximum atomic E-state index is 12.0. The average Bonchev–Trinajstić information content (AvgIpc) is 2.75. The zero-order chi connectivity index (χ0) is 14.6. The number of amides is 3. The third kappa shape index (κ3) is 5.17. The molecule has 1 saturated heterocycles. The Morgan fingerprint density at radius 1 is 1.40 bits per heavy atom. The van der Waals surface area contributed by atoms with Gasteiger partial charge in [0.25, 0.3) is 0 Å². The molecule has 0 bridgehead atoms. The molecule has 0 saturated carbocycles. The summed E-state index contributed by atoms with van der Waals surface area (Å²) in [4.78, 5) is 25.4. The lowest BCUT2D eigenvalue weighted by molar-refractivity contribution is -0.125. The van der Waals surface area contributed by atoms with Crippen molar-refractivity contribution in [2.24, 2.45) is 11.1 Å². The van der Waals surface area contributed by atoms with Gasteiger partial charge in [-0.3, -0.25) is 4.79 Å². The maximum Gasteiger partial charge on any atom is 0.317 e. The molecule has 0 spiro atoms. The van der Waals surface area contributed by atoms with Crippen LogP contribution in [0.1, 0.15) is 34.1 Å². The highest BCUT2D eigenvalue weighted by atomic mass is 35.5. The number of nitrogens with zero attached hydrogens (tertiary/aromatic N) is 1. The third-order valence-corrected chi connectivity index (χ3v) is 3.37. The topological polar surface area (TPSA) is 87.5 Å². The summed E-state index contributed by atoms with van der Waals surface area (Å²) in [6.45, 7) is 9.53. The van der Waals surface area contributed by atoms with Gasteiger partial charge in [0, 0.05) is 25.7 Å². The van der Waals surface area contributed by atoms with Crippen LogP contribution in [0.5, 0.6) is 0 Å². The molecule has 0 aromatic heterocycles. The SMILES string of the molecule is CCNC(=O)N1CCC(NC(=O)[C@@H](N)C(C)(C)C)C1.Cl. The lowest BCUT2D eigenvalue weighted by Gasteiger charge is -2.27. The molecule has 7 heteroatoms. The molecule has 0 aliphatic carbocycles. The molecule has 6 nitrogen and oxygen atoms in total. The van der Waals surface area contributed by atoms with Crippen molar-refractivity contribution in [2.45, 2.75) is 46.2 Å². The first kappa shape index (κ1) is 19.0. The minimum atomic E-state index is -0.536. The van der Waals surface area contributed by atoms with Crippen LogP contribution < -0.4 is 16.4 Å². The molecule has 3 amide bonds. The molecule has 4 N–H and O–H groups in total. The summed E-state index contributed by atoms with van der Waals surface area (Å²) in [6.07, 6.45) is 0.778. The molecule has 1 rings (SSSR count). The number of hydrogen-bond donors (Lipinski definition) is 3. The Labute approximate surface area is 127 Å². The zero-order valence-electron chi connectivity index (χ0n) is 12.7. The normalized spacial score (nSPS) is 20.1. The van der Waals surface area contributed by atoms with E-state index in [-0.39, 0.29) is 35.8 Å². The van der Waals surface area contributed by atoms with Gasteiger partial charge in [-0.05, 0) is 18.8 Å². The molecular weight excluding hydrogens is 280 g/mol. The van der Waals surface area contributed by atoms with Gasteiger partial charge in [-0.2, -0.15) is 0 Å². The summed E-state index contributed by atoms with van der Waals surface area (Å²) in [5.41, 5.74) is 5.65. The molecule has 1 fully saturated rings. The molecule has 2 atom stereocenters. The van der Waals surface area contributed by atoms with E-state index in [0.717, 1.165) is 6.42 Å². The fourth-order valence-electron chi connectivity index (χ4n) is 2.01. The Morgan fingerprint density at radius 3 is 2.50 bits per heavy atom. The molecular formula is C13H27ClN4O2. The van der Waals surface area contributed by atoms with Gasteiger partial charge in [-0.15, -0.1) is 12.4 Å². The van der Waals surface area contributed by atoms with Gasteiger partial charge in [0.15, 0.2) is 0 Å². The summed E-state index contributed by atoms with van der Waals surface area (Å²) in [5.74, 6) is -0.143. The second kappa shape index (κ2) is 7.69. The minimum absolute atomic E-state index is 0. The number of rotatable bonds is 3. The molecule has 0 aromatic rings. The first-order valence-corrected chi connectivity index (χ1v) is 6.84. The Bertz CT molecular complexity index is 344. The van der Waals surface area contributed by atoms with Gasteiger partial charge >= 0.3 is 6.03 Å². The van der Waals surface area contributed by atoms with Gasteiger partial charge in [0.2, 0.25) is 5.91 Å². The highest BCUT2D eigenvalue weighted by molar-refractivity contribution is 5.85. The Morgan fingerprint density at radius 2 is 2.00 bits per heavy atom. The number of likely N-dealkylation sites (tertiary alicyclic amines) is 1. The quantitative estimate of drug-likeness (QED) is 0.717. The number of hydrogen-bond acceptors (Lipinski definition) is 3. The van der Waals surface area contributed by atoms with Crippen molar-refractivity contribution < 1.29 is 9.59 Å². The predicted octanol–water partition coefficient (Wildman–Crippen LogP) is 0.702. The van der Waals surface area contributed by atoms with Crippen LogP contribution in [-0.2, 0) is 4.79 Å². The molecule has 1 heterocycles. The summed E-state index contributed by atoms with van der Waals surface area (Å²) in [7, 11) is 0. The minimum Gasteiger partial charge on any atom is -0.350 e. The highest BCUT2D eigenvalue weighted by Crippen LogP contribution is 2.18. The first-order valence-electron chi connectivity index (χ1n) is 6.84. The fourth-order valence-corrected chi connectivity index (χ4v) is 2.01. The van der Waals surface area contributed by atoms with Crippen molar-refractivity contribution in [3.05, 3.63) is 0 Å². The summed E-state index contributed by atoms with van der Waals surface area (Å²) < 4.78 is 0. The molecule has 20 heavy (non-hydrogen) atoms. The van der Waals surface area contributed by atoms with Crippen molar-refractivity contribution in [3.8, 4) is 0 Å². The van der Waals surface area contributed by atoms with Crippen LogP contribution in [-0.4, -0.2) is 48.6 Å². The average molecular weight is 307 g/mol. The van der Waals surface area contributed by atoms with E-state index in [1.807, 2.05) is 27.7 Å². The Balaban J connectivity index is 0.00000361. The van der Waals surface area contributed by atoms with Crippen LogP contribution in [0.4, 0.5) is 4.79 Å². The zero-order valence-corrected chi connectivity index (χ0v) is 13.5. The van der Waals surface area contributed by atoms with Crippen LogP contribution in [0, 0.1) is 5.41 Å². The maximum absolute atomic E-state index is 12.0. The van der Waals surface area contributed by atoms with Gasteiger partial charge in [-0.1, -0.05) is 20.8 Å². The van der Waals surface area contributed by atoms with E-state index in [1.54, 1.807) is 4.90 Å². The van der Waals surface area contributed by atoms with E-state index in [9.17, 15) is 9.59 Å². The molecule has 0 aromatic carbocycles. The summed E-state index contributed by atoms with van der Waals surface area (Å²) >= 11 is 0. The van der Waals surface area contributed by atoms with E-state index in [4.69, 9.17) is 5.73 Å². The van der Waals surface area contributed by atoms with E-state index in [2.05, 4.69) is 10.6 Å². The second-order valence-corrected chi connectivity index (χ2v) is 6.12. The van der Waals surface area contributed by atoms with Gasteiger partial charge < -0.3 is 21.3 Å². The summed E-state index contributed by atoms with van der Waals surface area (Å²) in [5, 5.41) is 5.68. The van der Waals surface area contributed by atoms with Crippen LogP contribution in [0.3, 0.4) is 0 Å². The van der Waals surface area contributed by atoms with Crippen LogP contribution >= 0.6 is 12.4 Å². The Hall–Kier alpha value is -1.01. The van der Waals surface area contributed by atoms with E-state index >= 15 is 0 Å².